The van der Waals surface area contributed by atoms with Gasteiger partial charge in [0.15, 0.2) is 18.3 Å². The highest BCUT2D eigenvalue weighted by Gasteiger charge is 2.57. The van der Waals surface area contributed by atoms with E-state index in [0.29, 0.717) is 25.7 Å². The number of hydrogen-bond acceptors (Lipinski definition) is 11. The summed E-state index contributed by atoms with van der Waals surface area (Å²) in [7, 11) is 0. The second-order valence-corrected chi connectivity index (χ2v) is 11.2. The van der Waals surface area contributed by atoms with Crippen molar-refractivity contribution in [3.8, 4) is 0 Å². The normalized spacial score (nSPS) is 37.6. The summed E-state index contributed by atoms with van der Waals surface area (Å²) < 4.78 is 10.2. The Morgan fingerprint density at radius 2 is 1.79 bits per heavy atom. The molecule has 0 aromatic rings. The van der Waals surface area contributed by atoms with Crippen LogP contribution in [0.15, 0.2) is 23.8 Å². The molecule has 10 atom stereocenters. The molecule has 0 aromatic carbocycles. The maximum Gasteiger partial charge on any atom is 0.338 e. The molecule has 0 spiro atoms. The van der Waals surface area contributed by atoms with E-state index in [1.165, 1.54) is 0 Å². The molecule has 3 fully saturated rings. The Morgan fingerprint density at radius 3 is 2.39 bits per heavy atom. The Kier molecular flexibility index (Phi) is 9.06. The summed E-state index contributed by atoms with van der Waals surface area (Å²) in [6.07, 6.45) is -6.89. The molecule has 1 aliphatic heterocycles. The smallest absolute Gasteiger partial charge is 0.338 e. The predicted octanol–water partition coefficient (Wildman–Crippen LogP) is -0.958. The first-order chi connectivity index (χ1) is 17.7. The third-order valence-corrected chi connectivity index (χ3v) is 8.97. The summed E-state index contributed by atoms with van der Waals surface area (Å²) in [6.45, 7) is 7.72. The van der Waals surface area contributed by atoms with E-state index in [-0.39, 0.29) is 36.0 Å². The van der Waals surface area contributed by atoms with Gasteiger partial charge in [-0.1, -0.05) is 32.1 Å². The summed E-state index contributed by atoms with van der Waals surface area (Å²) >= 11 is 0. The third kappa shape index (κ3) is 5.38. The highest BCUT2D eigenvalue weighted by atomic mass is 16.6. The van der Waals surface area contributed by atoms with Crippen LogP contribution in [-0.2, 0) is 23.9 Å². The Bertz CT molecular complexity index is 977. The molecular weight excluding hydrogens is 504 g/mol. The summed E-state index contributed by atoms with van der Waals surface area (Å²) in [5.74, 6) is -4.15. The van der Waals surface area contributed by atoms with Gasteiger partial charge in [-0.15, -0.1) is 0 Å². The minimum absolute atomic E-state index is 0.00557. The highest BCUT2D eigenvalue weighted by molar-refractivity contribution is 5.92. The van der Waals surface area contributed by atoms with Crippen LogP contribution in [0.3, 0.4) is 0 Å². The zero-order valence-electron chi connectivity index (χ0n) is 21.5. The van der Waals surface area contributed by atoms with Crippen LogP contribution in [-0.4, -0.2) is 103 Å². The number of aliphatic hydroxyl groups excluding tert-OH is 6. The maximum atomic E-state index is 12.4. The molecular formula is C26H38O12. The third-order valence-electron chi connectivity index (χ3n) is 8.97. The van der Waals surface area contributed by atoms with E-state index < -0.39 is 59.9 Å². The van der Waals surface area contributed by atoms with Crippen molar-refractivity contribution in [2.45, 2.75) is 82.6 Å². The van der Waals surface area contributed by atoms with E-state index in [2.05, 4.69) is 13.5 Å². The number of aliphatic carboxylic acids is 1. The number of cyclic esters (lactones) is 1. The van der Waals surface area contributed by atoms with Gasteiger partial charge in [0.2, 0.25) is 0 Å². The molecule has 0 radical (unpaired) electrons. The maximum absolute atomic E-state index is 12.4. The van der Waals surface area contributed by atoms with Crippen LogP contribution in [0.5, 0.6) is 0 Å². The zero-order chi connectivity index (χ0) is 28.6. The lowest BCUT2D eigenvalue weighted by molar-refractivity contribution is -0.178. The molecule has 38 heavy (non-hydrogen) atoms. The molecule has 0 bridgehead atoms. The number of carboxylic acid groups (broad SMARTS) is 1. The van der Waals surface area contributed by atoms with Gasteiger partial charge in [0.05, 0.1) is 18.3 Å². The molecule has 1 saturated heterocycles. The summed E-state index contributed by atoms with van der Waals surface area (Å²) in [4.78, 5) is 35.6. The van der Waals surface area contributed by atoms with Gasteiger partial charge >= 0.3 is 17.9 Å². The number of carbonyl (C=O) groups is 3. The first-order valence-electron chi connectivity index (χ1n) is 12.7. The van der Waals surface area contributed by atoms with E-state index in [4.69, 9.17) is 14.6 Å². The van der Waals surface area contributed by atoms with Gasteiger partial charge in [-0.05, 0) is 49.4 Å². The van der Waals surface area contributed by atoms with Crippen molar-refractivity contribution in [2.24, 2.45) is 22.7 Å². The van der Waals surface area contributed by atoms with Crippen molar-refractivity contribution in [3.63, 3.8) is 0 Å². The zero-order valence-corrected chi connectivity index (χ0v) is 21.5. The molecule has 7 N–H and O–H groups in total. The van der Waals surface area contributed by atoms with Crippen molar-refractivity contribution in [3.05, 3.63) is 23.8 Å². The first kappa shape index (κ1) is 30.2. The van der Waals surface area contributed by atoms with E-state index in [9.17, 15) is 45.0 Å². The van der Waals surface area contributed by atoms with Gasteiger partial charge in [-0.2, -0.15) is 0 Å². The molecule has 3 aliphatic rings. The highest BCUT2D eigenvalue weighted by Crippen LogP contribution is 2.61. The number of allylic oxidation sites excluding steroid dienone is 2. The van der Waals surface area contributed by atoms with Crippen LogP contribution in [0.25, 0.3) is 0 Å². The number of rotatable bonds is 9. The summed E-state index contributed by atoms with van der Waals surface area (Å²) in [5, 5.41) is 68.6. The van der Waals surface area contributed by atoms with Crippen molar-refractivity contribution in [2.75, 3.05) is 13.2 Å². The minimum Gasteiger partial charge on any atom is -0.479 e. The Labute approximate surface area is 220 Å². The number of carboxylic acids is 1. The van der Waals surface area contributed by atoms with Gasteiger partial charge in [-0.3, -0.25) is 0 Å². The van der Waals surface area contributed by atoms with Crippen LogP contribution in [0.4, 0.5) is 0 Å². The number of hydrogen-bond donors (Lipinski definition) is 7. The second kappa shape index (κ2) is 11.4. The van der Waals surface area contributed by atoms with Crippen LogP contribution in [0.1, 0.15) is 46.0 Å². The van der Waals surface area contributed by atoms with E-state index in [1.54, 1.807) is 6.08 Å². The topological polar surface area (TPSA) is 211 Å². The monoisotopic (exact) mass is 542 g/mol. The first-order valence-corrected chi connectivity index (χ1v) is 12.7. The average Bonchev–Trinajstić information content (AvgIpc) is 3.22. The van der Waals surface area contributed by atoms with E-state index >= 15 is 0 Å². The molecule has 2 saturated carbocycles. The fourth-order valence-electron chi connectivity index (χ4n) is 6.52. The van der Waals surface area contributed by atoms with Crippen molar-refractivity contribution < 1.29 is 59.6 Å². The lowest BCUT2D eigenvalue weighted by Gasteiger charge is -2.59. The SMILES string of the molecule is C=C1CC[C@@H]2C(C)(CO)[C@H](O)CC[C@@]2(C)[C@@H]1C/C=C1/C(=O)OCC1OC(=O)[C@H](O)[C@@H](O)[C@H](O)[C@H](O)C(=O)O. The molecule has 2 unspecified atom stereocenters. The Balaban J connectivity index is 1.76. The molecule has 0 aromatic heterocycles. The number of ether oxygens (including phenoxy) is 2. The summed E-state index contributed by atoms with van der Waals surface area (Å²) in [5.41, 5.74) is -0.00884. The molecule has 2 aliphatic carbocycles. The van der Waals surface area contributed by atoms with Crippen molar-refractivity contribution >= 4 is 17.9 Å². The number of aliphatic hydroxyl groups is 6. The van der Waals surface area contributed by atoms with Gasteiger partial charge in [0.1, 0.15) is 18.8 Å². The molecule has 12 heteroatoms. The lowest BCUT2D eigenvalue weighted by atomic mass is 9.46. The molecule has 1 heterocycles. The van der Waals surface area contributed by atoms with Gasteiger partial charge in [0.25, 0.3) is 0 Å². The van der Waals surface area contributed by atoms with Crippen LogP contribution in [0.2, 0.25) is 0 Å². The van der Waals surface area contributed by atoms with Crippen molar-refractivity contribution in [1.29, 1.82) is 0 Å². The number of fused-ring (bicyclic) bond motifs is 1. The molecule has 0 amide bonds. The number of carbonyl (C=O) groups excluding carboxylic acids is 2. The quantitative estimate of drug-likeness (QED) is 0.107. The van der Waals surface area contributed by atoms with Gasteiger partial charge in [-0.25, -0.2) is 14.4 Å². The van der Waals surface area contributed by atoms with Crippen LogP contribution >= 0.6 is 0 Å². The predicted molar refractivity (Wildman–Crippen MR) is 129 cm³/mol. The fourth-order valence-corrected chi connectivity index (χ4v) is 6.52. The lowest BCUT2D eigenvalue weighted by Crippen LogP contribution is -2.57. The van der Waals surface area contributed by atoms with E-state index in [0.717, 1.165) is 12.0 Å². The Morgan fingerprint density at radius 1 is 1.16 bits per heavy atom. The largest absolute Gasteiger partial charge is 0.479 e. The van der Waals surface area contributed by atoms with Crippen LogP contribution in [0, 0.1) is 22.7 Å². The van der Waals surface area contributed by atoms with E-state index in [1.807, 2.05) is 6.92 Å². The second-order valence-electron chi connectivity index (χ2n) is 11.2. The van der Waals surface area contributed by atoms with Crippen molar-refractivity contribution in [1.82, 2.24) is 0 Å². The average molecular weight is 543 g/mol. The van der Waals surface area contributed by atoms with Crippen LogP contribution < -0.4 is 0 Å². The van der Waals surface area contributed by atoms with Gasteiger partial charge < -0.3 is 45.2 Å². The fraction of sp³-hybridized carbons (Fsp3) is 0.731. The molecule has 12 nitrogen and oxygen atoms in total. The Hall–Kier alpha value is -2.35. The number of esters is 2. The summed E-state index contributed by atoms with van der Waals surface area (Å²) in [6, 6.07) is 0. The standard InChI is InChI=1S/C26H38O12/c1-12-4-7-16-25(2,9-8-17(28)26(16,3)11-27)14(12)6-5-13-15(10-37-23(13)35)38-24(36)21(32)19(30)18(29)20(31)22(33)34/h5,14-21,27-32H,1,4,6-11H2,2-3H3,(H,33,34)/b13-5+/t14-,15?,16+,17-,18+,19+,20+,21-,25+,26?/m1/s1. The minimum atomic E-state index is -2.46. The van der Waals surface area contributed by atoms with Gasteiger partial charge in [0, 0.05) is 5.41 Å². The molecule has 3 rings (SSSR count). The molecule has 214 valence electrons.